The lowest BCUT2D eigenvalue weighted by Crippen LogP contribution is -1.99. The minimum absolute atomic E-state index is 0.349. The zero-order chi connectivity index (χ0) is 20.2. The second kappa shape index (κ2) is 8.06. The molecule has 0 atom stereocenters. The van der Waals surface area contributed by atoms with Crippen molar-refractivity contribution < 1.29 is 4.74 Å². The first-order chi connectivity index (χ1) is 14.0. The third kappa shape index (κ3) is 4.73. The standard InChI is InChI=1S/C23H21N5O/c1-15-13-16(2)25-23(24-15)29-20-11-9-19(10-12-20)28-22-14-21(26-17(3)27-22)18-7-5-4-6-8-18/h4-14H,1-3H3,(H,26,27,28). The van der Waals surface area contributed by atoms with Gasteiger partial charge in [0.1, 0.15) is 17.4 Å². The lowest BCUT2D eigenvalue weighted by molar-refractivity contribution is 0.439. The highest BCUT2D eigenvalue weighted by Crippen LogP contribution is 2.25. The number of aryl methyl sites for hydroxylation is 3. The lowest BCUT2D eigenvalue weighted by atomic mass is 10.1. The van der Waals surface area contributed by atoms with Gasteiger partial charge in [0, 0.05) is 28.7 Å². The molecule has 2 aromatic heterocycles. The molecule has 0 amide bonds. The number of nitrogens with zero attached hydrogens (tertiary/aromatic N) is 4. The first-order valence-corrected chi connectivity index (χ1v) is 9.33. The van der Waals surface area contributed by atoms with Crippen LogP contribution in [0.4, 0.5) is 11.5 Å². The van der Waals surface area contributed by atoms with Gasteiger partial charge in [-0.05, 0) is 51.1 Å². The fraction of sp³-hybridized carbons (Fsp3) is 0.130. The molecule has 0 bridgehead atoms. The second-order valence-electron chi connectivity index (χ2n) is 6.74. The molecule has 2 aromatic carbocycles. The van der Waals surface area contributed by atoms with Crippen LogP contribution in [0.1, 0.15) is 17.2 Å². The Morgan fingerprint density at radius 1 is 0.724 bits per heavy atom. The Hall–Kier alpha value is -3.80. The van der Waals surface area contributed by atoms with Crippen LogP contribution >= 0.6 is 0 Å². The Bertz CT molecular complexity index is 1110. The van der Waals surface area contributed by atoms with E-state index in [0.717, 1.165) is 34.2 Å². The quantitative estimate of drug-likeness (QED) is 0.498. The van der Waals surface area contributed by atoms with Crippen LogP contribution in [-0.4, -0.2) is 19.9 Å². The number of aromatic nitrogens is 4. The van der Waals surface area contributed by atoms with E-state index in [-0.39, 0.29) is 0 Å². The second-order valence-corrected chi connectivity index (χ2v) is 6.74. The zero-order valence-corrected chi connectivity index (χ0v) is 16.5. The molecule has 4 aromatic rings. The van der Waals surface area contributed by atoms with Crippen molar-refractivity contribution in [2.45, 2.75) is 20.8 Å². The minimum Gasteiger partial charge on any atom is -0.424 e. The summed E-state index contributed by atoms with van der Waals surface area (Å²) < 4.78 is 5.77. The molecule has 4 rings (SSSR count). The molecule has 0 saturated heterocycles. The first kappa shape index (κ1) is 18.6. The third-order valence-electron chi connectivity index (χ3n) is 4.21. The van der Waals surface area contributed by atoms with Gasteiger partial charge in [0.15, 0.2) is 0 Å². The summed E-state index contributed by atoms with van der Waals surface area (Å²) in [6.07, 6.45) is 0. The van der Waals surface area contributed by atoms with E-state index in [1.54, 1.807) is 0 Å². The smallest absolute Gasteiger partial charge is 0.322 e. The summed E-state index contributed by atoms with van der Waals surface area (Å²) in [7, 11) is 0. The van der Waals surface area contributed by atoms with E-state index in [9.17, 15) is 0 Å². The molecule has 0 saturated carbocycles. The summed E-state index contributed by atoms with van der Waals surface area (Å²) in [6, 6.07) is 21.9. The molecule has 0 fully saturated rings. The fourth-order valence-corrected chi connectivity index (χ4v) is 2.99. The van der Waals surface area contributed by atoms with Crippen molar-refractivity contribution in [2.75, 3.05) is 5.32 Å². The molecule has 0 aliphatic carbocycles. The normalized spacial score (nSPS) is 10.6. The molecule has 0 unspecified atom stereocenters. The average Bonchev–Trinajstić information content (AvgIpc) is 2.69. The Morgan fingerprint density at radius 2 is 1.41 bits per heavy atom. The number of anilines is 2. The van der Waals surface area contributed by atoms with Gasteiger partial charge in [0.2, 0.25) is 0 Å². The predicted octanol–water partition coefficient (Wildman–Crippen LogP) is 5.39. The van der Waals surface area contributed by atoms with Crippen molar-refractivity contribution in [3.8, 4) is 23.0 Å². The Kier molecular flexibility index (Phi) is 5.16. The monoisotopic (exact) mass is 383 g/mol. The topological polar surface area (TPSA) is 72.8 Å². The Morgan fingerprint density at radius 3 is 2.10 bits per heavy atom. The van der Waals surface area contributed by atoms with Crippen LogP contribution < -0.4 is 10.1 Å². The number of hydrogen-bond donors (Lipinski definition) is 1. The van der Waals surface area contributed by atoms with E-state index in [1.165, 1.54) is 0 Å². The summed E-state index contributed by atoms with van der Waals surface area (Å²) in [5.74, 6) is 2.12. The molecule has 0 aliphatic heterocycles. The third-order valence-corrected chi connectivity index (χ3v) is 4.21. The highest BCUT2D eigenvalue weighted by molar-refractivity contribution is 5.65. The number of rotatable bonds is 5. The molecular formula is C23H21N5O. The van der Waals surface area contributed by atoms with Gasteiger partial charge in [-0.1, -0.05) is 30.3 Å². The highest BCUT2D eigenvalue weighted by atomic mass is 16.5. The van der Waals surface area contributed by atoms with Gasteiger partial charge < -0.3 is 10.1 Å². The van der Waals surface area contributed by atoms with Crippen LogP contribution in [0.3, 0.4) is 0 Å². The molecule has 0 aliphatic rings. The van der Waals surface area contributed by atoms with Crippen LogP contribution in [0.25, 0.3) is 11.3 Å². The van der Waals surface area contributed by atoms with Crippen LogP contribution in [0.15, 0.2) is 66.7 Å². The maximum Gasteiger partial charge on any atom is 0.322 e. The van der Waals surface area contributed by atoms with Crippen molar-refractivity contribution >= 4 is 11.5 Å². The zero-order valence-electron chi connectivity index (χ0n) is 16.5. The van der Waals surface area contributed by atoms with Gasteiger partial charge in [-0.25, -0.2) is 19.9 Å². The van der Waals surface area contributed by atoms with Gasteiger partial charge in [0.25, 0.3) is 0 Å². The van der Waals surface area contributed by atoms with E-state index in [2.05, 4.69) is 25.3 Å². The molecular weight excluding hydrogens is 362 g/mol. The van der Waals surface area contributed by atoms with E-state index in [1.807, 2.05) is 87.5 Å². The summed E-state index contributed by atoms with van der Waals surface area (Å²) in [6.45, 7) is 5.72. The van der Waals surface area contributed by atoms with Gasteiger partial charge >= 0.3 is 6.01 Å². The molecule has 2 heterocycles. The number of benzene rings is 2. The largest absolute Gasteiger partial charge is 0.424 e. The molecule has 144 valence electrons. The molecule has 0 radical (unpaired) electrons. The first-order valence-electron chi connectivity index (χ1n) is 9.33. The van der Waals surface area contributed by atoms with Gasteiger partial charge in [-0.3, -0.25) is 0 Å². The summed E-state index contributed by atoms with van der Waals surface area (Å²) in [5.41, 5.74) is 4.58. The summed E-state index contributed by atoms with van der Waals surface area (Å²) in [4.78, 5) is 17.6. The summed E-state index contributed by atoms with van der Waals surface area (Å²) in [5, 5.41) is 3.33. The number of nitrogens with one attached hydrogen (secondary N) is 1. The number of hydrogen-bond acceptors (Lipinski definition) is 6. The van der Waals surface area contributed by atoms with Crippen LogP contribution in [0.5, 0.6) is 11.8 Å². The average molecular weight is 383 g/mol. The van der Waals surface area contributed by atoms with Crippen molar-refractivity contribution in [1.82, 2.24) is 19.9 Å². The van der Waals surface area contributed by atoms with Crippen molar-refractivity contribution in [3.05, 3.63) is 83.9 Å². The SMILES string of the molecule is Cc1cc(C)nc(Oc2ccc(Nc3cc(-c4ccccc4)nc(C)n3)cc2)n1. The van der Waals surface area contributed by atoms with E-state index in [0.29, 0.717) is 17.6 Å². The maximum atomic E-state index is 5.77. The van der Waals surface area contributed by atoms with Crippen LogP contribution in [0, 0.1) is 20.8 Å². The lowest BCUT2D eigenvalue weighted by Gasteiger charge is -2.10. The molecule has 1 N–H and O–H groups in total. The maximum absolute atomic E-state index is 5.77. The van der Waals surface area contributed by atoms with Crippen molar-refractivity contribution in [2.24, 2.45) is 0 Å². The number of ether oxygens (including phenoxy) is 1. The van der Waals surface area contributed by atoms with E-state index >= 15 is 0 Å². The molecule has 29 heavy (non-hydrogen) atoms. The fourth-order valence-electron chi connectivity index (χ4n) is 2.99. The van der Waals surface area contributed by atoms with Gasteiger partial charge in [0.05, 0.1) is 5.69 Å². The Balaban J connectivity index is 1.51. The Labute approximate surface area is 169 Å². The molecule has 6 nitrogen and oxygen atoms in total. The minimum atomic E-state index is 0.349. The molecule has 0 spiro atoms. The molecule has 6 heteroatoms. The highest BCUT2D eigenvalue weighted by Gasteiger charge is 2.06. The van der Waals surface area contributed by atoms with Crippen LogP contribution in [0.2, 0.25) is 0 Å². The van der Waals surface area contributed by atoms with Crippen LogP contribution in [-0.2, 0) is 0 Å². The van der Waals surface area contributed by atoms with Crippen molar-refractivity contribution in [1.29, 1.82) is 0 Å². The van der Waals surface area contributed by atoms with Gasteiger partial charge in [-0.15, -0.1) is 0 Å². The van der Waals surface area contributed by atoms with Gasteiger partial charge in [-0.2, -0.15) is 0 Å². The predicted molar refractivity (Wildman–Crippen MR) is 114 cm³/mol. The summed E-state index contributed by atoms with van der Waals surface area (Å²) >= 11 is 0. The van der Waals surface area contributed by atoms with E-state index < -0.39 is 0 Å². The van der Waals surface area contributed by atoms with E-state index in [4.69, 9.17) is 4.74 Å². The van der Waals surface area contributed by atoms with Crippen molar-refractivity contribution in [3.63, 3.8) is 0 Å².